The molecule has 2 amide bonds. The normalized spacial score (nSPS) is 15.1. The van der Waals surface area contributed by atoms with Gasteiger partial charge in [-0.25, -0.2) is 8.42 Å². The molecular formula is C26H31Cl4N3O4S. The second-order valence-corrected chi connectivity index (χ2v) is 13.0. The van der Waals surface area contributed by atoms with Crippen molar-refractivity contribution in [2.75, 3.05) is 17.1 Å². The standard InChI is InChI=1S/C26H31Cl4N3O4S/c1-3-24(26(35)31-19-8-5-4-6-9-19)32(15-21-22(29)10-7-11-23(21)30)25(34)16-33(38(2,36)37)20-13-17(27)12-18(28)14-20/h7,10-14,19,24H,3-6,8-9,15-16H2,1-2H3,(H,31,35)/t24-/m1/s1. The van der Waals surface area contributed by atoms with Gasteiger partial charge >= 0.3 is 0 Å². The molecule has 0 aromatic heterocycles. The van der Waals surface area contributed by atoms with Crippen molar-refractivity contribution in [3.8, 4) is 0 Å². The molecule has 0 radical (unpaired) electrons. The van der Waals surface area contributed by atoms with Crippen molar-refractivity contribution in [1.29, 1.82) is 0 Å². The predicted molar refractivity (Wildman–Crippen MR) is 155 cm³/mol. The van der Waals surface area contributed by atoms with Crippen LogP contribution in [0.2, 0.25) is 20.1 Å². The Morgan fingerprint density at radius 1 is 1.00 bits per heavy atom. The van der Waals surface area contributed by atoms with E-state index in [0.29, 0.717) is 22.0 Å². The Morgan fingerprint density at radius 2 is 1.58 bits per heavy atom. The van der Waals surface area contributed by atoms with Gasteiger partial charge in [-0.1, -0.05) is 78.7 Å². The third-order valence-electron chi connectivity index (χ3n) is 6.54. The lowest BCUT2D eigenvalue weighted by atomic mass is 9.95. The van der Waals surface area contributed by atoms with E-state index in [1.807, 2.05) is 0 Å². The highest BCUT2D eigenvalue weighted by atomic mass is 35.5. The maximum atomic E-state index is 13.9. The number of nitrogens with zero attached hydrogens (tertiary/aromatic N) is 2. The van der Waals surface area contributed by atoms with E-state index < -0.39 is 28.5 Å². The van der Waals surface area contributed by atoms with Crippen LogP contribution in [0, 0.1) is 0 Å². The fraction of sp³-hybridized carbons (Fsp3) is 0.462. The van der Waals surface area contributed by atoms with Crippen molar-refractivity contribution in [2.45, 2.75) is 64.1 Å². The second-order valence-electron chi connectivity index (χ2n) is 9.39. The molecule has 0 aliphatic heterocycles. The largest absolute Gasteiger partial charge is 0.352 e. The van der Waals surface area contributed by atoms with Gasteiger partial charge in [-0.15, -0.1) is 0 Å². The van der Waals surface area contributed by atoms with E-state index in [-0.39, 0.29) is 34.2 Å². The van der Waals surface area contributed by atoms with Gasteiger partial charge in [0.1, 0.15) is 12.6 Å². The summed E-state index contributed by atoms with van der Waals surface area (Å²) in [5, 5.41) is 4.18. The first kappa shape index (κ1) is 30.8. The Kier molecular flexibility index (Phi) is 11.0. The van der Waals surface area contributed by atoms with Gasteiger partial charge in [0.05, 0.1) is 11.9 Å². The zero-order valence-electron chi connectivity index (χ0n) is 21.2. The first-order valence-electron chi connectivity index (χ1n) is 12.4. The molecule has 0 spiro atoms. The number of sulfonamides is 1. The first-order chi connectivity index (χ1) is 17.9. The zero-order chi connectivity index (χ0) is 28.0. The van der Waals surface area contributed by atoms with E-state index in [9.17, 15) is 18.0 Å². The molecule has 1 fully saturated rings. The molecule has 1 saturated carbocycles. The molecule has 0 saturated heterocycles. The minimum Gasteiger partial charge on any atom is -0.352 e. The van der Waals surface area contributed by atoms with Gasteiger partial charge in [0.2, 0.25) is 21.8 Å². The third kappa shape index (κ3) is 8.15. The number of halogens is 4. The molecule has 2 aromatic rings. The van der Waals surface area contributed by atoms with E-state index in [1.165, 1.54) is 23.1 Å². The number of hydrogen-bond donors (Lipinski definition) is 1. The number of anilines is 1. The van der Waals surface area contributed by atoms with E-state index in [4.69, 9.17) is 46.4 Å². The van der Waals surface area contributed by atoms with Crippen LogP contribution in [-0.2, 0) is 26.2 Å². The highest BCUT2D eigenvalue weighted by Crippen LogP contribution is 2.30. The first-order valence-corrected chi connectivity index (χ1v) is 15.7. The SMILES string of the molecule is CC[C@H](C(=O)NC1CCCCC1)N(Cc1c(Cl)cccc1Cl)C(=O)CN(c1cc(Cl)cc(Cl)c1)S(C)(=O)=O. The summed E-state index contributed by atoms with van der Waals surface area (Å²) in [7, 11) is -3.93. The lowest BCUT2D eigenvalue weighted by Gasteiger charge is -2.34. The lowest BCUT2D eigenvalue weighted by molar-refractivity contribution is -0.140. The average molecular weight is 623 g/mol. The molecule has 1 N–H and O–H groups in total. The van der Waals surface area contributed by atoms with Crippen LogP contribution in [0.5, 0.6) is 0 Å². The Labute approximate surface area is 244 Å². The highest BCUT2D eigenvalue weighted by molar-refractivity contribution is 7.92. The summed E-state index contributed by atoms with van der Waals surface area (Å²) in [6.45, 7) is 1.14. The minimum absolute atomic E-state index is 0.0345. The summed E-state index contributed by atoms with van der Waals surface area (Å²) in [4.78, 5) is 28.7. The number of benzene rings is 2. The van der Waals surface area contributed by atoms with Crippen LogP contribution in [0.15, 0.2) is 36.4 Å². The molecule has 0 bridgehead atoms. The molecule has 1 atom stereocenters. The van der Waals surface area contributed by atoms with Crippen molar-refractivity contribution < 1.29 is 18.0 Å². The Bertz CT molecular complexity index is 1230. The molecule has 1 aliphatic rings. The molecule has 7 nitrogen and oxygen atoms in total. The molecular weight excluding hydrogens is 592 g/mol. The Morgan fingerprint density at radius 3 is 2.11 bits per heavy atom. The Hall–Kier alpha value is -1.71. The molecule has 208 valence electrons. The van der Waals surface area contributed by atoms with Crippen LogP contribution < -0.4 is 9.62 Å². The lowest BCUT2D eigenvalue weighted by Crippen LogP contribution is -2.54. The summed E-state index contributed by atoms with van der Waals surface area (Å²) < 4.78 is 26.4. The van der Waals surface area contributed by atoms with Crippen molar-refractivity contribution in [2.24, 2.45) is 0 Å². The summed E-state index contributed by atoms with van der Waals surface area (Å²) >= 11 is 25.0. The summed E-state index contributed by atoms with van der Waals surface area (Å²) in [5.74, 6) is -0.902. The number of carbonyl (C=O) groups is 2. The van der Waals surface area contributed by atoms with Crippen molar-refractivity contribution in [3.63, 3.8) is 0 Å². The Balaban J connectivity index is 1.98. The van der Waals surface area contributed by atoms with Crippen molar-refractivity contribution in [3.05, 3.63) is 62.1 Å². The smallest absolute Gasteiger partial charge is 0.244 e. The fourth-order valence-corrected chi connectivity index (χ4v) is 6.48. The van der Waals surface area contributed by atoms with Crippen molar-refractivity contribution >= 4 is 73.9 Å². The molecule has 3 rings (SSSR count). The van der Waals surface area contributed by atoms with Gasteiger partial charge in [0.25, 0.3) is 0 Å². The van der Waals surface area contributed by atoms with Gasteiger partial charge in [0, 0.05) is 38.2 Å². The van der Waals surface area contributed by atoms with Gasteiger partial charge in [0.15, 0.2) is 0 Å². The number of carbonyl (C=O) groups excluding carboxylic acids is 2. The van der Waals surface area contributed by atoms with Crippen LogP contribution in [0.4, 0.5) is 5.69 Å². The molecule has 0 heterocycles. The van der Waals surface area contributed by atoms with E-state index in [1.54, 1.807) is 25.1 Å². The number of amides is 2. The monoisotopic (exact) mass is 621 g/mol. The molecule has 0 unspecified atom stereocenters. The van der Waals surface area contributed by atoms with Gasteiger partial charge in [-0.3, -0.25) is 13.9 Å². The third-order valence-corrected chi connectivity index (χ3v) is 8.83. The fourth-order valence-electron chi connectivity index (χ4n) is 4.61. The van der Waals surface area contributed by atoms with Crippen LogP contribution in [0.25, 0.3) is 0 Å². The highest BCUT2D eigenvalue weighted by Gasteiger charge is 2.33. The van der Waals surface area contributed by atoms with Gasteiger partial charge < -0.3 is 10.2 Å². The second kappa shape index (κ2) is 13.6. The zero-order valence-corrected chi connectivity index (χ0v) is 25.1. The number of hydrogen-bond acceptors (Lipinski definition) is 4. The maximum absolute atomic E-state index is 13.9. The van der Waals surface area contributed by atoms with Crippen molar-refractivity contribution in [1.82, 2.24) is 10.2 Å². The summed E-state index contributed by atoms with van der Waals surface area (Å²) in [6.07, 6.45) is 6.24. The predicted octanol–water partition coefficient (Wildman–Crippen LogP) is 6.32. The number of rotatable bonds is 10. The molecule has 38 heavy (non-hydrogen) atoms. The topological polar surface area (TPSA) is 86.8 Å². The van der Waals surface area contributed by atoms with Crippen LogP contribution in [0.3, 0.4) is 0 Å². The van der Waals surface area contributed by atoms with Gasteiger partial charge in [-0.05, 0) is 49.6 Å². The molecule has 2 aromatic carbocycles. The maximum Gasteiger partial charge on any atom is 0.244 e. The van der Waals surface area contributed by atoms with Crippen LogP contribution >= 0.6 is 46.4 Å². The molecule has 12 heteroatoms. The van der Waals surface area contributed by atoms with Crippen LogP contribution in [-0.4, -0.2) is 50.0 Å². The minimum atomic E-state index is -3.93. The summed E-state index contributed by atoms with van der Waals surface area (Å²) in [5.41, 5.74) is 0.596. The number of nitrogens with one attached hydrogen (secondary N) is 1. The van der Waals surface area contributed by atoms with Gasteiger partial charge in [-0.2, -0.15) is 0 Å². The molecule has 1 aliphatic carbocycles. The summed E-state index contributed by atoms with van der Waals surface area (Å²) in [6, 6.07) is 8.41. The van der Waals surface area contributed by atoms with Crippen LogP contribution in [0.1, 0.15) is 51.0 Å². The average Bonchev–Trinajstić information content (AvgIpc) is 2.83. The van der Waals surface area contributed by atoms with E-state index in [0.717, 1.165) is 42.7 Å². The van der Waals surface area contributed by atoms with E-state index in [2.05, 4.69) is 5.32 Å². The van der Waals surface area contributed by atoms with E-state index >= 15 is 0 Å². The quantitative estimate of drug-likeness (QED) is 0.336.